The SMILES string of the molecule is c1ccc2c(c1)Cc1cc3c4c(c1-2)Cc1cccnc1N4c1cccnc1C3.c1ccc2c(c1)Cc1cc3c4c(c1-2)Cc1ccncc1N4c1cccnc1C3.c1ccc2c(c1)Cc1cc3c4c(c1-2)Cc1cnccc1N4c1cccnc1C3.c1ccc2c(c1)Cc1cc3c4c(c1-2)Cc1ncccc1N4c1cccnc1C3. The van der Waals surface area contributed by atoms with Crippen molar-refractivity contribution in [2.75, 3.05) is 19.6 Å². The molecule has 0 unspecified atom stereocenters. The van der Waals surface area contributed by atoms with Gasteiger partial charge in [-0.25, -0.2) is 4.98 Å². The maximum absolute atomic E-state index is 4.78. The van der Waals surface area contributed by atoms with Crippen LogP contribution in [0.15, 0.2) is 268 Å². The molecule has 12 nitrogen and oxygen atoms in total. The zero-order valence-electron chi connectivity index (χ0n) is 61.3. The van der Waals surface area contributed by atoms with Gasteiger partial charge in [0, 0.05) is 107 Å². The summed E-state index contributed by atoms with van der Waals surface area (Å²) in [6.07, 6.45) is 30.7. The van der Waals surface area contributed by atoms with Crippen LogP contribution < -0.4 is 19.6 Å². The second-order valence-electron chi connectivity index (χ2n) is 31.5. The minimum absolute atomic E-state index is 0.890. The molecule has 12 heteroatoms. The van der Waals surface area contributed by atoms with E-state index in [1.54, 1.807) is 0 Å². The van der Waals surface area contributed by atoms with E-state index < -0.39 is 0 Å². The van der Waals surface area contributed by atoms with Crippen LogP contribution in [0.25, 0.3) is 44.5 Å². The van der Waals surface area contributed by atoms with Crippen LogP contribution in [-0.4, -0.2) is 39.9 Å². The molecule has 16 heterocycles. The smallest absolute Gasteiger partial charge is 0.141 e. The van der Waals surface area contributed by atoms with E-state index in [9.17, 15) is 0 Å². The van der Waals surface area contributed by atoms with Gasteiger partial charge in [-0.2, -0.15) is 0 Å². The molecular formula is C100H68N12. The maximum atomic E-state index is 4.78. The lowest BCUT2D eigenvalue weighted by Gasteiger charge is -2.39. The molecule has 0 saturated heterocycles. The Morgan fingerprint density at radius 2 is 0.518 bits per heavy atom. The average molecular weight is 1440 g/mol. The Kier molecular flexibility index (Phi) is 13.2. The summed E-state index contributed by atoms with van der Waals surface area (Å²) in [5.74, 6) is 1.05. The first kappa shape index (κ1) is 62.1. The fraction of sp³-hybridized carbons (Fsp3) is 0.120. The lowest BCUT2D eigenvalue weighted by atomic mass is 9.83. The van der Waals surface area contributed by atoms with Gasteiger partial charge in [0.15, 0.2) is 0 Å². The highest BCUT2D eigenvalue weighted by molar-refractivity contribution is 6.00. The van der Waals surface area contributed by atoms with Gasteiger partial charge in [-0.05, 0) is 255 Å². The van der Waals surface area contributed by atoms with E-state index in [1.165, 1.54) is 213 Å². The minimum Gasteiger partial charge on any atom is -0.308 e. The zero-order chi connectivity index (χ0) is 73.0. The number of aromatic nitrogens is 8. The first-order valence-electron chi connectivity index (χ1n) is 39.3. The van der Waals surface area contributed by atoms with Gasteiger partial charge in [0.25, 0.3) is 0 Å². The molecule has 0 N–H and O–H groups in total. The second-order valence-corrected chi connectivity index (χ2v) is 31.5. The third-order valence-corrected chi connectivity index (χ3v) is 25.5. The van der Waals surface area contributed by atoms with Gasteiger partial charge in [0.05, 0.1) is 97.2 Å². The molecule has 16 aromatic rings. The van der Waals surface area contributed by atoms with Crippen LogP contribution in [0, 0.1) is 0 Å². The largest absolute Gasteiger partial charge is 0.308 e. The van der Waals surface area contributed by atoms with Gasteiger partial charge >= 0.3 is 0 Å². The lowest BCUT2D eigenvalue weighted by molar-refractivity contribution is 0.944. The summed E-state index contributed by atoms with van der Waals surface area (Å²) in [4.78, 5) is 46.9. The third kappa shape index (κ3) is 9.05. The molecule has 8 aliphatic heterocycles. The number of benzene rings is 8. The van der Waals surface area contributed by atoms with Crippen molar-refractivity contribution in [3.8, 4) is 44.5 Å². The van der Waals surface area contributed by atoms with E-state index in [-0.39, 0.29) is 0 Å². The van der Waals surface area contributed by atoms with Crippen molar-refractivity contribution >= 4 is 68.4 Å². The first-order valence-corrected chi connectivity index (χ1v) is 39.3. The quantitative estimate of drug-likeness (QED) is 0.144. The Hall–Kier alpha value is -13.8. The minimum atomic E-state index is 0.890. The molecule has 528 valence electrons. The fourth-order valence-electron chi connectivity index (χ4n) is 21.2. The van der Waals surface area contributed by atoms with Gasteiger partial charge in [-0.15, -0.1) is 0 Å². The second kappa shape index (κ2) is 23.8. The van der Waals surface area contributed by atoms with Crippen LogP contribution in [-0.2, 0) is 77.0 Å². The summed E-state index contributed by atoms with van der Waals surface area (Å²) in [6, 6.07) is 74.9. The summed E-state index contributed by atoms with van der Waals surface area (Å²) >= 11 is 0. The number of anilines is 12. The van der Waals surface area contributed by atoms with Gasteiger partial charge in [-0.3, -0.25) is 39.8 Å². The van der Waals surface area contributed by atoms with Crippen LogP contribution >= 0.6 is 0 Å². The zero-order valence-corrected chi connectivity index (χ0v) is 61.3. The van der Waals surface area contributed by atoms with Crippen molar-refractivity contribution < 1.29 is 0 Å². The summed E-state index contributed by atoms with van der Waals surface area (Å²) in [6.45, 7) is 0. The highest BCUT2D eigenvalue weighted by Gasteiger charge is 2.43. The van der Waals surface area contributed by atoms with Crippen molar-refractivity contribution in [3.05, 3.63) is 402 Å². The molecule has 0 saturated carbocycles. The Bertz CT molecular complexity index is 5990. The molecule has 112 heavy (non-hydrogen) atoms. The molecule has 0 fully saturated rings. The standard InChI is InChI=1S/4C25H17N3/c1-2-7-19-15(5-1)11-17-12-18-14-21-22(8-4-9-26-21)28-24(18)20(23(17)19)13-16-6-3-10-27-25(16)28;1-2-6-18-15(5-1)11-16-12-17-13-20-22(7-3-9-26-20)28-23-8-4-10-27-21(23)14-19(24(16)18)25(17)28;1-2-5-19-15(4-1)10-16-11-17-13-21-23(6-3-8-27-21)28-22-7-9-26-14-18(22)12-20(24(16)19)25(17)28;1-2-5-19-15(4-1)10-17-11-18-13-21-22(6-3-8-27-21)28-23-14-26-9-7-16(23)12-20(24(17)19)25(18)28/h2*1-10,12H,11,13-14H2;2*1-9,11,14H,10,12-13H2. The molecule has 4 aliphatic carbocycles. The fourth-order valence-corrected chi connectivity index (χ4v) is 21.2. The molecule has 0 amide bonds. The van der Waals surface area contributed by atoms with Crippen LogP contribution in [0.2, 0.25) is 0 Å². The van der Waals surface area contributed by atoms with Crippen molar-refractivity contribution in [1.82, 2.24) is 39.9 Å². The summed E-state index contributed by atoms with van der Waals surface area (Å²) in [5, 5.41) is 0. The molecule has 0 atom stereocenters. The van der Waals surface area contributed by atoms with Crippen LogP contribution in [0.1, 0.15) is 134 Å². The van der Waals surface area contributed by atoms with Crippen molar-refractivity contribution in [1.29, 1.82) is 0 Å². The van der Waals surface area contributed by atoms with Crippen molar-refractivity contribution in [3.63, 3.8) is 0 Å². The number of hydrogen-bond donors (Lipinski definition) is 0. The maximum Gasteiger partial charge on any atom is 0.141 e. The van der Waals surface area contributed by atoms with E-state index in [0.717, 1.165) is 111 Å². The first-order chi connectivity index (χ1) is 55.5. The predicted molar refractivity (Wildman–Crippen MR) is 442 cm³/mol. The monoisotopic (exact) mass is 1440 g/mol. The highest BCUT2D eigenvalue weighted by atomic mass is 15.2. The number of rotatable bonds is 0. The number of hydrogen-bond acceptors (Lipinski definition) is 12. The van der Waals surface area contributed by atoms with Gasteiger partial charge in [0.2, 0.25) is 0 Å². The molecule has 12 aliphatic rings. The van der Waals surface area contributed by atoms with Gasteiger partial charge in [0.1, 0.15) is 5.82 Å². The number of fused-ring (bicyclic) bond motifs is 32. The van der Waals surface area contributed by atoms with Crippen molar-refractivity contribution in [2.45, 2.75) is 77.0 Å². The Balaban J connectivity index is 0.0000000847. The molecular weight excluding hydrogens is 1370 g/mol. The van der Waals surface area contributed by atoms with E-state index in [0.29, 0.717) is 0 Å². The molecule has 0 radical (unpaired) electrons. The Morgan fingerprint density at radius 3 is 0.964 bits per heavy atom. The Labute approximate surface area is 647 Å². The van der Waals surface area contributed by atoms with Crippen molar-refractivity contribution in [2.24, 2.45) is 0 Å². The van der Waals surface area contributed by atoms with Crippen LogP contribution in [0.5, 0.6) is 0 Å². The lowest BCUT2D eigenvalue weighted by Crippen LogP contribution is -2.26. The topological polar surface area (TPSA) is 116 Å². The normalized spacial score (nSPS) is 14.6. The van der Waals surface area contributed by atoms with Gasteiger partial charge < -0.3 is 14.7 Å². The van der Waals surface area contributed by atoms with Crippen LogP contribution in [0.4, 0.5) is 68.4 Å². The Morgan fingerprint density at radius 1 is 0.196 bits per heavy atom. The number of pyridine rings is 8. The predicted octanol–water partition coefficient (Wildman–Crippen LogP) is 21.3. The summed E-state index contributed by atoms with van der Waals surface area (Å²) in [7, 11) is 0. The summed E-state index contributed by atoms with van der Waals surface area (Å²) < 4.78 is 0. The summed E-state index contributed by atoms with van der Waals surface area (Å²) in [5.41, 5.74) is 57.8. The van der Waals surface area contributed by atoms with E-state index in [4.69, 9.17) is 29.9 Å². The third-order valence-electron chi connectivity index (χ3n) is 25.5. The highest BCUT2D eigenvalue weighted by Crippen LogP contribution is 2.60. The van der Waals surface area contributed by atoms with E-state index in [1.807, 2.05) is 92.3 Å². The van der Waals surface area contributed by atoms with Gasteiger partial charge in [-0.1, -0.05) is 127 Å². The average Bonchev–Trinajstić information content (AvgIpc) is 1.71. The molecule has 0 bridgehead atoms. The molecule has 8 aromatic heterocycles. The molecule has 28 rings (SSSR count). The van der Waals surface area contributed by atoms with E-state index >= 15 is 0 Å². The van der Waals surface area contributed by atoms with E-state index in [2.05, 4.69) is 205 Å². The molecule has 0 spiro atoms. The molecule has 8 aromatic carbocycles. The van der Waals surface area contributed by atoms with Crippen LogP contribution in [0.3, 0.4) is 0 Å². The number of nitrogens with zero attached hydrogens (tertiary/aromatic N) is 12.